The Kier molecular flexibility index (Phi) is 5.68. The minimum absolute atomic E-state index is 0.111. The van der Waals surface area contributed by atoms with Crippen molar-refractivity contribution in [2.45, 2.75) is 6.92 Å². The summed E-state index contributed by atoms with van der Waals surface area (Å²) in [5.74, 6) is 0.505. The van der Waals surface area contributed by atoms with Crippen molar-refractivity contribution < 1.29 is 4.79 Å². The van der Waals surface area contributed by atoms with Gasteiger partial charge in [-0.2, -0.15) is 15.0 Å². The Morgan fingerprint density at radius 3 is 2.64 bits per heavy atom. The second-order valence-electron chi connectivity index (χ2n) is 6.49. The number of rotatable bonds is 7. The topological polar surface area (TPSA) is 201 Å². The predicted molar refractivity (Wildman–Crippen MR) is 117 cm³/mol. The van der Waals surface area contributed by atoms with Gasteiger partial charge in [0.15, 0.2) is 11.6 Å². The largest absolute Gasteiger partial charge is 0.371 e. The molecule has 0 radical (unpaired) electrons. The summed E-state index contributed by atoms with van der Waals surface area (Å²) in [5, 5.41) is 27.9. The lowest BCUT2D eigenvalue weighted by molar-refractivity contribution is 0.100. The van der Waals surface area contributed by atoms with Crippen LogP contribution in [0.25, 0.3) is 5.95 Å². The molecule has 0 saturated heterocycles. The SMILES string of the molecule is CNc1nc(Nc2ncc[nH]2)c(C(N)=O)c(C)c1N=Nc1c(C#N)cnn1-c1ncccn1. The predicted octanol–water partition coefficient (Wildman–Crippen LogP) is 2.26. The van der Waals surface area contributed by atoms with Crippen LogP contribution in [0, 0.1) is 18.3 Å². The number of primary amides is 1. The van der Waals surface area contributed by atoms with Crippen LogP contribution >= 0.6 is 0 Å². The van der Waals surface area contributed by atoms with Crippen molar-refractivity contribution in [1.29, 1.82) is 5.26 Å². The lowest BCUT2D eigenvalue weighted by atomic mass is 10.1. The maximum Gasteiger partial charge on any atom is 0.252 e. The van der Waals surface area contributed by atoms with Crippen LogP contribution in [0.3, 0.4) is 0 Å². The molecule has 0 aliphatic carbocycles. The summed E-state index contributed by atoms with van der Waals surface area (Å²) < 4.78 is 1.28. The van der Waals surface area contributed by atoms with Gasteiger partial charge in [0.2, 0.25) is 5.95 Å². The number of hydrogen-bond acceptors (Lipinski definition) is 11. The number of imidazole rings is 1. The first-order chi connectivity index (χ1) is 16.0. The van der Waals surface area contributed by atoms with E-state index in [2.05, 4.69) is 50.9 Å². The zero-order valence-corrected chi connectivity index (χ0v) is 17.5. The van der Waals surface area contributed by atoms with Crippen LogP contribution in [0.4, 0.5) is 29.1 Å². The Morgan fingerprint density at radius 2 is 2.00 bits per heavy atom. The molecule has 0 fully saturated rings. The van der Waals surface area contributed by atoms with Gasteiger partial charge in [0.25, 0.3) is 11.9 Å². The van der Waals surface area contributed by atoms with Gasteiger partial charge < -0.3 is 21.4 Å². The van der Waals surface area contributed by atoms with E-state index in [-0.39, 0.29) is 34.4 Å². The number of nitriles is 1. The van der Waals surface area contributed by atoms with Gasteiger partial charge in [0, 0.05) is 31.8 Å². The molecular weight excluding hydrogens is 426 g/mol. The van der Waals surface area contributed by atoms with E-state index >= 15 is 0 Å². The molecule has 33 heavy (non-hydrogen) atoms. The van der Waals surface area contributed by atoms with E-state index in [0.717, 1.165) is 0 Å². The smallest absolute Gasteiger partial charge is 0.252 e. The number of amides is 1. The molecule has 4 heterocycles. The van der Waals surface area contributed by atoms with E-state index in [0.29, 0.717) is 17.3 Å². The normalized spacial score (nSPS) is 10.8. The molecule has 0 aliphatic heterocycles. The standard InChI is InChI=1S/C19H17N13O/c1-10-12(14(21)33)15(29-18-23-6-7-24-18)28-16(22-2)13(10)30-31-17-11(8-20)9-27-32(17)19-25-4-3-5-26-19/h3-7,9H,1-2H3,(H2,21,33)(H3,22,23,24,28,29). The van der Waals surface area contributed by atoms with Crippen LogP contribution in [0.2, 0.25) is 0 Å². The van der Waals surface area contributed by atoms with Crippen LogP contribution in [0.5, 0.6) is 0 Å². The highest BCUT2D eigenvalue weighted by Crippen LogP contribution is 2.36. The fourth-order valence-corrected chi connectivity index (χ4v) is 2.99. The molecule has 0 bridgehead atoms. The Hall–Kier alpha value is -5.19. The van der Waals surface area contributed by atoms with Gasteiger partial charge in [-0.1, -0.05) is 0 Å². The average Bonchev–Trinajstić information content (AvgIpc) is 3.48. The molecule has 164 valence electrons. The highest BCUT2D eigenvalue weighted by molar-refractivity contribution is 6.01. The van der Waals surface area contributed by atoms with Gasteiger partial charge in [-0.3, -0.25) is 4.79 Å². The molecule has 14 nitrogen and oxygen atoms in total. The van der Waals surface area contributed by atoms with Crippen molar-refractivity contribution in [2.75, 3.05) is 17.7 Å². The quantitative estimate of drug-likeness (QED) is 0.309. The minimum atomic E-state index is -0.714. The molecular formula is C19H17N13O. The summed E-state index contributed by atoms with van der Waals surface area (Å²) in [4.78, 5) is 31.9. The van der Waals surface area contributed by atoms with Crippen LogP contribution < -0.4 is 16.4 Å². The van der Waals surface area contributed by atoms with E-state index in [1.54, 1.807) is 32.4 Å². The third kappa shape index (κ3) is 4.05. The third-order valence-corrected chi connectivity index (χ3v) is 4.48. The number of aromatic nitrogens is 7. The van der Waals surface area contributed by atoms with E-state index in [1.807, 2.05) is 6.07 Å². The van der Waals surface area contributed by atoms with E-state index in [4.69, 9.17) is 5.73 Å². The lowest BCUT2D eigenvalue weighted by Crippen LogP contribution is -2.17. The van der Waals surface area contributed by atoms with Gasteiger partial charge in [-0.15, -0.1) is 10.2 Å². The highest BCUT2D eigenvalue weighted by Gasteiger charge is 2.22. The molecule has 0 atom stereocenters. The monoisotopic (exact) mass is 443 g/mol. The number of azo groups is 1. The summed E-state index contributed by atoms with van der Waals surface area (Å²) in [6.45, 7) is 1.66. The number of carbonyl (C=O) groups is 1. The Labute approximate surface area is 186 Å². The molecule has 5 N–H and O–H groups in total. The molecule has 0 unspecified atom stereocenters. The number of carbonyl (C=O) groups excluding carboxylic acids is 1. The fraction of sp³-hybridized carbons (Fsp3) is 0.105. The van der Waals surface area contributed by atoms with Crippen LogP contribution in [0.1, 0.15) is 21.5 Å². The fourth-order valence-electron chi connectivity index (χ4n) is 2.99. The summed E-state index contributed by atoms with van der Waals surface area (Å²) in [6.07, 6.45) is 7.57. The Morgan fingerprint density at radius 1 is 1.21 bits per heavy atom. The highest BCUT2D eigenvalue weighted by atomic mass is 16.1. The van der Waals surface area contributed by atoms with Gasteiger partial charge in [0.05, 0.1) is 11.8 Å². The molecule has 0 aromatic carbocycles. The molecule has 1 amide bonds. The number of nitrogens with two attached hydrogens (primary N) is 1. The average molecular weight is 443 g/mol. The van der Waals surface area contributed by atoms with Crippen LogP contribution in [-0.4, -0.2) is 47.7 Å². The van der Waals surface area contributed by atoms with Crippen molar-refractivity contribution in [1.82, 2.24) is 34.7 Å². The van der Waals surface area contributed by atoms with E-state index < -0.39 is 5.91 Å². The lowest BCUT2D eigenvalue weighted by Gasteiger charge is -2.15. The Balaban J connectivity index is 1.82. The van der Waals surface area contributed by atoms with E-state index in [1.165, 1.54) is 23.3 Å². The number of H-pyrrole nitrogens is 1. The molecule has 0 spiro atoms. The first-order valence-electron chi connectivity index (χ1n) is 9.49. The Bertz CT molecular complexity index is 1370. The summed E-state index contributed by atoms with van der Waals surface area (Å²) in [5.41, 5.74) is 6.57. The van der Waals surface area contributed by atoms with Gasteiger partial charge in [-0.25, -0.2) is 19.9 Å². The number of pyridine rings is 1. The van der Waals surface area contributed by atoms with Gasteiger partial charge >= 0.3 is 0 Å². The van der Waals surface area contributed by atoms with Crippen molar-refractivity contribution in [2.24, 2.45) is 16.0 Å². The maximum absolute atomic E-state index is 12.2. The van der Waals surface area contributed by atoms with Gasteiger partial charge in [0.1, 0.15) is 23.1 Å². The van der Waals surface area contributed by atoms with Gasteiger partial charge in [-0.05, 0) is 18.6 Å². The zero-order chi connectivity index (χ0) is 23.4. The number of nitrogens with one attached hydrogen (secondary N) is 3. The second-order valence-corrected chi connectivity index (χ2v) is 6.49. The van der Waals surface area contributed by atoms with Crippen LogP contribution in [-0.2, 0) is 0 Å². The van der Waals surface area contributed by atoms with E-state index in [9.17, 15) is 10.1 Å². The molecule has 4 rings (SSSR count). The molecule has 0 aliphatic rings. The second kappa shape index (κ2) is 8.89. The number of nitrogens with zero attached hydrogens (tertiary/aromatic N) is 9. The minimum Gasteiger partial charge on any atom is -0.371 e. The van der Waals surface area contributed by atoms with Crippen molar-refractivity contribution in [3.63, 3.8) is 0 Å². The summed E-state index contributed by atoms with van der Waals surface area (Å²) in [6, 6.07) is 3.66. The number of aromatic amines is 1. The first-order valence-corrected chi connectivity index (χ1v) is 9.49. The van der Waals surface area contributed by atoms with Crippen molar-refractivity contribution in [3.05, 3.63) is 53.7 Å². The van der Waals surface area contributed by atoms with Crippen LogP contribution in [0.15, 0.2) is 47.3 Å². The van der Waals surface area contributed by atoms with Crippen molar-refractivity contribution in [3.8, 4) is 12.0 Å². The summed E-state index contributed by atoms with van der Waals surface area (Å²) in [7, 11) is 1.64. The molecule has 14 heteroatoms. The number of anilines is 3. The molecule has 4 aromatic heterocycles. The van der Waals surface area contributed by atoms with Crippen molar-refractivity contribution >= 4 is 35.0 Å². The maximum atomic E-state index is 12.2. The summed E-state index contributed by atoms with van der Waals surface area (Å²) >= 11 is 0. The zero-order valence-electron chi connectivity index (χ0n) is 17.5. The third-order valence-electron chi connectivity index (χ3n) is 4.48. The number of hydrogen-bond donors (Lipinski definition) is 4. The first kappa shape index (κ1) is 21.1. The molecule has 4 aromatic rings. The molecule has 0 saturated carbocycles.